The molecule has 1 aromatic carbocycles. The molecule has 2 unspecified atom stereocenters. The largest absolute Gasteiger partial charge is 0.490 e. The van der Waals surface area contributed by atoms with Crippen LogP contribution in [0, 0.1) is 17.0 Å². The summed E-state index contributed by atoms with van der Waals surface area (Å²) in [5, 5.41) is 10.8. The highest BCUT2D eigenvalue weighted by Gasteiger charge is 2.24. The lowest BCUT2D eigenvalue weighted by molar-refractivity contribution is -0.384. The molecule has 0 amide bonds. The van der Waals surface area contributed by atoms with Gasteiger partial charge in [0, 0.05) is 18.2 Å². The quantitative estimate of drug-likeness (QED) is 0.677. The van der Waals surface area contributed by atoms with Crippen molar-refractivity contribution in [1.29, 1.82) is 0 Å². The number of nitrogens with zero attached hydrogens (tertiary/aromatic N) is 1. The number of nitro groups is 1. The van der Waals surface area contributed by atoms with E-state index in [-0.39, 0.29) is 22.9 Å². The van der Waals surface area contributed by atoms with Crippen molar-refractivity contribution in [3.05, 3.63) is 32.8 Å². The molecule has 0 radical (unpaired) electrons. The summed E-state index contributed by atoms with van der Waals surface area (Å²) in [6.45, 7) is 1.77. The van der Waals surface area contributed by atoms with Gasteiger partial charge in [-0.2, -0.15) is 0 Å². The molecule has 2 atom stereocenters. The van der Waals surface area contributed by atoms with E-state index in [9.17, 15) is 10.1 Å². The number of ether oxygens (including phenoxy) is 1. The van der Waals surface area contributed by atoms with E-state index in [1.165, 1.54) is 12.1 Å². The number of aryl methyl sites for hydroxylation is 1. The molecule has 18 heavy (non-hydrogen) atoms. The molecular weight excluding hydrogens is 256 g/mol. The Morgan fingerprint density at radius 2 is 2.22 bits per heavy atom. The summed E-state index contributed by atoms with van der Waals surface area (Å²) in [6.07, 6.45) is 2.75. The number of hydrogen-bond donors (Lipinski definition) is 1. The van der Waals surface area contributed by atoms with E-state index in [1.54, 1.807) is 6.92 Å². The van der Waals surface area contributed by atoms with E-state index in [4.69, 9.17) is 22.1 Å². The highest BCUT2D eigenvalue weighted by molar-refractivity contribution is 6.32. The first-order chi connectivity index (χ1) is 8.47. The molecule has 98 valence electrons. The Morgan fingerprint density at radius 3 is 2.78 bits per heavy atom. The molecule has 1 aliphatic rings. The molecule has 1 fully saturated rings. The summed E-state index contributed by atoms with van der Waals surface area (Å²) >= 11 is 5.86. The van der Waals surface area contributed by atoms with Crippen LogP contribution in [0.5, 0.6) is 5.75 Å². The van der Waals surface area contributed by atoms with Gasteiger partial charge >= 0.3 is 0 Å². The van der Waals surface area contributed by atoms with Gasteiger partial charge < -0.3 is 10.5 Å². The third-order valence-corrected chi connectivity index (χ3v) is 3.46. The monoisotopic (exact) mass is 270 g/mol. The summed E-state index contributed by atoms with van der Waals surface area (Å²) in [6, 6.07) is 3.13. The SMILES string of the molecule is Cc1cc([N+](=O)[O-])c(Cl)cc1OC1CCC(N)C1. The average Bonchev–Trinajstić information content (AvgIpc) is 2.68. The first kappa shape index (κ1) is 13.1. The Balaban J connectivity index is 2.19. The van der Waals surface area contributed by atoms with Crippen molar-refractivity contribution in [2.24, 2.45) is 5.73 Å². The minimum atomic E-state index is -0.495. The maximum atomic E-state index is 10.7. The lowest BCUT2D eigenvalue weighted by Gasteiger charge is -2.15. The van der Waals surface area contributed by atoms with Crippen LogP contribution in [-0.2, 0) is 0 Å². The van der Waals surface area contributed by atoms with Crippen molar-refractivity contribution in [2.75, 3.05) is 0 Å². The molecule has 1 aromatic rings. The fourth-order valence-corrected chi connectivity index (χ4v) is 2.40. The van der Waals surface area contributed by atoms with Gasteiger partial charge in [0.05, 0.1) is 4.92 Å². The van der Waals surface area contributed by atoms with Gasteiger partial charge in [0.25, 0.3) is 5.69 Å². The van der Waals surface area contributed by atoms with Gasteiger partial charge in [0.15, 0.2) is 0 Å². The minimum Gasteiger partial charge on any atom is -0.490 e. The topological polar surface area (TPSA) is 78.4 Å². The Labute approximate surface area is 110 Å². The maximum Gasteiger partial charge on any atom is 0.288 e. The van der Waals surface area contributed by atoms with Crippen LogP contribution in [0.4, 0.5) is 5.69 Å². The second kappa shape index (κ2) is 5.12. The minimum absolute atomic E-state index is 0.0798. The molecule has 1 saturated carbocycles. The fourth-order valence-electron chi connectivity index (χ4n) is 2.17. The average molecular weight is 271 g/mol. The molecule has 5 nitrogen and oxygen atoms in total. The Hall–Kier alpha value is -1.33. The highest BCUT2D eigenvalue weighted by atomic mass is 35.5. The van der Waals surface area contributed by atoms with Crippen LogP contribution in [0.25, 0.3) is 0 Å². The normalized spacial score (nSPS) is 23.1. The van der Waals surface area contributed by atoms with Crippen molar-refractivity contribution in [2.45, 2.75) is 38.3 Å². The molecule has 1 aliphatic carbocycles. The molecule has 0 saturated heterocycles. The predicted octanol–water partition coefficient (Wildman–Crippen LogP) is 2.82. The molecule has 2 rings (SSSR count). The highest BCUT2D eigenvalue weighted by Crippen LogP contribution is 2.34. The van der Waals surface area contributed by atoms with E-state index >= 15 is 0 Å². The molecule has 0 heterocycles. The number of nitro benzene ring substituents is 1. The first-order valence-electron chi connectivity index (χ1n) is 5.84. The molecular formula is C12H15ClN2O3. The number of rotatable bonds is 3. The van der Waals surface area contributed by atoms with Crippen LogP contribution in [0.2, 0.25) is 5.02 Å². The van der Waals surface area contributed by atoms with Crippen molar-refractivity contribution >= 4 is 17.3 Å². The fraction of sp³-hybridized carbons (Fsp3) is 0.500. The van der Waals surface area contributed by atoms with Gasteiger partial charge in [-0.3, -0.25) is 10.1 Å². The van der Waals surface area contributed by atoms with Gasteiger partial charge in [-0.05, 0) is 31.7 Å². The third-order valence-electron chi connectivity index (χ3n) is 3.16. The van der Waals surface area contributed by atoms with Crippen LogP contribution < -0.4 is 10.5 Å². The van der Waals surface area contributed by atoms with E-state index in [1.807, 2.05) is 0 Å². The molecule has 0 bridgehead atoms. The van der Waals surface area contributed by atoms with Crippen LogP contribution in [0.3, 0.4) is 0 Å². The van der Waals surface area contributed by atoms with E-state index in [2.05, 4.69) is 0 Å². The van der Waals surface area contributed by atoms with Gasteiger partial charge in [0.2, 0.25) is 0 Å². The number of benzene rings is 1. The number of halogens is 1. The van der Waals surface area contributed by atoms with Crippen molar-refractivity contribution in [3.63, 3.8) is 0 Å². The van der Waals surface area contributed by atoms with E-state index in [0.29, 0.717) is 11.3 Å². The standard InChI is InChI=1S/C12H15ClN2O3/c1-7-4-11(15(16)17)10(13)6-12(7)18-9-3-2-8(14)5-9/h4,6,8-9H,2-3,5,14H2,1H3. The van der Waals surface area contributed by atoms with Crippen molar-refractivity contribution in [3.8, 4) is 5.75 Å². The van der Waals surface area contributed by atoms with Gasteiger partial charge in [0.1, 0.15) is 16.9 Å². The zero-order chi connectivity index (χ0) is 13.3. The third kappa shape index (κ3) is 2.73. The van der Waals surface area contributed by atoms with Crippen molar-refractivity contribution in [1.82, 2.24) is 0 Å². The van der Waals surface area contributed by atoms with Crippen LogP contribution in [0.1, 0.15) is 24.8 Å². The second-order valence-electron chi connectivity index (χ2n) is 4.64. The van der Waals surface area contributed by atoms with E-state index < -0.39 is 4.92 Å². The number of nitrogens with two attached hydrogens (primary N) is 1. The Kier molecular flexibility index (Phi) is 3.73. The Bertz CT molecular complexity index is 479. The van der Waals surface area contributed by atoms with Crippen LogP contribution in [-0.4, -0.2) is 17.1 Å². The zero-order valence-corrected chi connectivity index (χ0v) is 10.8. The van der Waals surface area contributed by atoms with Crippen LogP contribution in [0.15, 0.2) is 12.1 Å². The smallest absolute Gasteiger partial charge is 0.288 e. The number of hydrogen-bond acceptors (Lipinski definition) is 4. The summed E-state index contributed by atoms with van der Waals surface area (Å²) in [5.74, 6) is 0.602. The summed E-state index contributed by atoms with van der Waals surface area (Å²) in [7, 11) is 0. The summed E-state index contributed by atoms with van der Waals surface area (Å²) < 4.78 is 5.81. The van der Waals surface area contributed by atoms with Crippen molar-refractivity contribution < 1.29 is 9.66 Å². The second-order valence-corrected chi connectivity index (χ2v) is 5.05. The summed E-state index contributed by atoms with van der Waals surface area (Å²) in [5.41, 5.74) is 6.44. The van der Waals surface area contributed by atoms with Crippen LogP contribution >= 0.6 is 11.6 Å². The molecule has 2 N–H and O–H groups in total. The molecule has 6 heteroatoms. The zero-order valence-electron chi connectivity index (χ0n) is 10.1. The predicted molar refractivity (Wildman–Crippen MR) is 69.1 cm³/mol. The lowest BCUT2D eigenvalue weighted by Crippen LogP contribution is -2.19. The molecule has 0 spiro atoms. The molecule has 0 aromatic heterocycles. The van der Waals surface area contributed by atoms with Gasteiger partial charge in [-0.1, -0.05) is 11.6 Å². The molecule has 0 aliphatic heterocycles. The van der Waals surface area contributed by atoms with Gasteiger partial charge in [-0.15, -0.1) is 0 Å². The van der Waals surface area contributed by atoms with E-state index in [0.717, 1.165) is 19.3 Å². The first-order valence-corrected chi connectivity index (χ1v) is 6.22. The Morgan fingerprint density at radius 1 is 1.50 bits per heavy atom. The maximum absolute atomic E-state index is 10.7. The summed E-state index contributed by atoms with van der Waals surface area (Å²) in [4.78, 5) is 10.2. The van der Waals surface area contributed by atoms with Gasteiger partial charge in [-0.25, -0.2) is 0 Å². The lowest BCUT2D eigenvalue weighted by atomic mass is 10.2.